The van der Waals surface area contributed by atoms with E-state index >= 15 is 0 Å². The number of carbonyl (C=O) groups is 1. The summed E-state index contributed by atoms with van der Waals surface area (Å²) in [6, 6.07) is 2.72. The van der Waals surface area contributed by atoms with E-state index in [0.29, 0.717) is 21.0 Å². The van der Waals surface area contributed by atoms with Gasteiger partial charge in [-0.25, -0.2) is 14.1 Å². The Kier molecular flexibility index (Phi) is 4.22. The summed E-state index contributed by atoms with van der Waals surface area (Å²) in [7, 11) is 0. The Morgan fingerprint density at radius 1 is 1.46 bits per heavy atom. The van der Waals surface area contributed by atoms with Crippen molar-refractivity contribution in [2.24, 2.45) is 4.99 Å². The summed E-state index contributed by atoms with van der Waals surface area (Å²) >= 11 is 6.63. The number of allylic oxidation sites excluding steroid dienone is 1. The quantitative estimate of drug-likeness (QED) is 0.587. The van der Waals surface area contributed by atoms with Crippen molar-refractivity contribution in [2.75, 3.05) is 18.1 Å². The highest BCUT2D eigenvalue weighted by Crippen LogP contribution is 2.37. The van der Waals surface area contributed by atoms with Gasteiger partial charge >= 0.3 is 0 Å². The molecule has 2 aliphatic rings. The van der Waals surface area contributed by atoms with Gasteiger partial charge in [0.2, 0.25) is 4.80 Å². The van der Waals surface area contributed by atoms with Gasteiger partial charge in [0.1, 0.15) is 11.4 Å². The summed E-state index contributed by atoms with van der Waals surface area (Å²) in [5, 5.41) is 0. The predicted molar refractivity (Wildman–Crippen MR) is 99.4 cm³/mol. The molecular weight excluding hydrogens is 375 g/mol. The molecule has 9 heteroatoms. The maximum Gasteiger partial charge on any atom is 0.265 e. The number of ether oxygens (including phenoxy) is 1. The van der Waals surface area contributed by atoms with Crippen LogP contribution in [0.1, 0.15) is 6.42 Å². The molecule has 26 heavy (non-hydrogen) atoms. The SMILES string of the molecule is C#CCN1C(=O)COc2cc(F)c(N=c3sc(=S)n4n3CCC=C4)cc21. The standard InChI is InChI=1S/C17H13FN4O2S2/c1-2-5-20-13-9-12(11(18)8-14(13)24-10-15(20)23)19-16-21-6-3-4-7-22(21)17(25)26-16/h1,4,7-9H,3,5-6,10H2. The molecule has 0 spiro atoms. The molecule has 0 atom stereocenters. The van der Waals surface area contributed by atoms with Crippen molar-refractivity contribution in [3.8, 4) is 18.1 Å². The van der Waals surface area contributed by atoms with E-state index < -0.39 is 5.82 Å². The molecule has 0 N–H and O–H groups in total. The van der Waals surface area contributed by atoms with Gasteiger partial charge in [-0.05, 0) is 24.7 Å². The highest BCUT2D eigenvalue weighted by molar-refractivity contribution is 7.73. The fourth-order valence-electron chi connectivity index (χ4n) is 2.83. The van der Waals surface area contributed by atoms with Crippen LogP contribution in [0, 0.1) is 22.1 Å². The number of nitrogens with zero attached hydrogens (tertiary/aromatic N) is 4. The van der Waals surface area contributed by atoms with E-state index in [1.165, 1.54) is 28.4 Å². The van der Waals surface area contributed by atoms with Crippen LogP contribution in [0.15, 0.2) is 23.2 Å². The lowest BCUT2D eigenvalue weighted by Crippen LogP contribution is -2.39. The number of anilines is 1. The molecule has 132 valence electrons. The van der Waals surface area contributed by atoms with Crippen LogP contribution in [0.25, 0.3) is 6.20 Å². The zero-order chi connectivity index (χ0) is 18.3. The maximum atomic E-state index is 14.5. The molecule has 1 aromatic carbocycles. The van der Waals surface area contributed by atoms with E-state index in [9.17, 15) is 9.18 Å². The average molecular weight is 388 g/mol. The molecular formula is C17H13FN4O2S2. The van der Waals surface area contributed by atoms with Crippen LogP contribution >= 0.6 is 23.6 Å². The summed E-state index contributed by atoms with van der Waals surface area (Å²) in [5.74, 6) is 1.90. The number of benzene rings is 1. The number of hydrogen-bond donors (Lipinski definition) is 0. The Bertz CT molecular complexity index is 1100. The van der Waals surface area contributed by atoms with Gasteiger partial charge in [0.05, 0.1) is 12.2 Å². The predicted octanol–water partition coefficient (Wildman–Crippen LogP) is 2.69. The van der Waals surface area contributed by atoms with Crippen molar-refractivity contribution in [2.45, 2.75) is 13.0 Å². The maximum absolute atomic E-state index is 14.5. The number of aromatic nitrogens is 2. The lowest BCUT2D eigenvalue weighted by Gasteiger charge is -2.28. The van der Waals surface area contributed by atoms with Crippen LogP contribution in [-0.4, -0.2) is 28.4 Å². The van der Waals surface area contributed by atoms with Crippen LogP contribution in [0.4, 0.5) is 15.8 Å². The fourth-order valence-corrected chi connectivity index (χ4v) is 4.05. The molecule has 1 amide bonds. The highest BCUT2D eigenvalue weighted by Gasteiger charge is 2.26. The molecule has 3 heterocycles. The number of halogens is 1. The van der Waals surface area contributed by atoms with Crippen LogP contribution in [-0.2, 0) is 11.3 Å². The molecule has 4 rings (SSSR count). The summed E-state index contributed by atoms with van der Waals surface area (Å²) in [4.78, 5) is 18.5. The third-order valence-corrected chi connectivity index (χ3v) is 5.32. The molecule has 2 aliphatic heterocycles. The minimum atomic E-state index is -0.538. The van der Waals surface area contributed by atoms with Gasteiger partial charge < -0.3 is 4.74 Å². The Labute approximate surface area is 157 Å². The largest absolute Gasteiger partial charge is 0.481 e. The number of terminal acetylenes is 1. The topological polar surface area (TPSA) is 51.8 Å². The first-order valence-electron chi connectivity index (χ1n) is 7.82. The minimum absolute atomic E-state index is 0.0837. The third-order valence-electron chi connectivity index (χ3n) is 4.04. The smallest absolute Gasteiger partial charge is 0.265 e. The number of amides is 1. The van der Waals surface area contributed by atoms with Crippen molar-refractivity contribution in [1.82, 2.24) is 9.36 Å². The van der Waals surface area contributed by atoms with Crippen molar-refractivity contribution in [1.29, 1.82) is 0 Å². The van der Waals surface area contributed by atoms with Crippen LogP contribution < -0.4 is 14.4 Å². The normalized spacial score (nSPS) is 16.1. The number of hydrogen-bond acceptors (Lipinski definition) is 5. The highest BCUT2D eigenvalue weighted by atomic mass is 32.1. The Morgan fingerprint density at radius 3 is 3.12 bits per heavy atom. The van der Waals surface area contributed by atoms with E-state index in [-0.39, 0.29) is 30.5 Å². The molecule has 2 aromatic rings. The van der Waals surface area contributed by atoms with Gasteiger partial charge in [-0.15, -0.1) is 6.42 Å². The average Bonchev–Trinajstić information content (AvgIpc) is 2.95. The Morgan fingerprint density at radius 2 is 2.31 bits per heavy atom. The summed E-state index contributed by atoms with van der Waals surface area (Å²) in [6.45, 7) is 0.626. The van der Waals surface area contributed by atoms with Crippen molar-refractivity contribution in [3.63, 3.8) is 0 Å². The molecule has 1 aromatic heterocycles. The van der Waals surface area contributed by atoms with E-state index in [4.69, 9.17) is 23.4 Å². The minimum Gasteiger partial charge on any atom is -0.481 e. The first-order valence-corrected chi connectivity index (χ1v) is 9.05. The summed E-state index contributed by atoms with van der Waals surface area (Å²) in [5.41, 5.74) is 0.520. The second-order valence-corrected chi connectivity index (χ2v) is 7.25. The molecule has 0 saturated carbocycles. The van der Waals surface area contributed by atoms with E-state index in [1.807, 2.05) is 21.6 Å². The molecule has 0 aliphatic carbocycles. The van der Waals surface area contributed by atoms with Gasteiger partial charge in [-0.2, -0.15) is 0 Å². The second kappa shape index (κ2) is 6.55. The summed E-state index contributed by atoms with van der Waals surface area (Å²) < 4.78 is 24.2. The molecule has 6 nitrogen and oxygen atoms in total. The zero-order valence-corrected chi connectivity index (χ0v) is 15.1. The van der Waals surface area contributed by atoms with Crippen LogP contribution in [0.3, 0.4) is 0 Å². The van der Waals surface area contributed by atoms with E-state index in [2.05, 4.69) is 10.9 Å². The van der Waals surface area contributed by atoms with Crippen molar-refractivity contribution >= 4 is 47.0 Å². The van der Waals surface area contributed by atoms with Gasteiger partial charge in [-0.1, -0.05) is 23.3 Å². The third kappa shape index (κ3) is 2.77. The lowest BCUT2D eigenvalue weighted by molar-refractivity contribution is -0.121. The first-order chi connectivity index (χ1) is 12.6. The summed E-state index contributed by atoms with van der Waals surface area (Å²) in [6.07, 6.45) is 10.1. The lowest BCUT2D eigenvalue weighted by atomic mass is 10.2. The second-order valence-electron chi connectivity index (χ2n) is 5.65. The van der Waals surface area contributed by atoms with Crippen LogP contribution in [0.2, 0.25) is 0 Å². The molecule has 0 fully saturated rings. The zero-order valence-electron chi connectivity index (χ0n) is 13.5. The van der Waals surface area contributed by atoms with Gasteiger partial charge in [0, 0.05) is 18.8 Å². The van der Waals surface area contributed by atoms with E-state index in [0.717, 1.165) is 6.42 Å². The van der Waals surface area contributed by atoms with Crippen molar-refractivity contribution in [3.05, 3.63) is 32.8 Å². The fraction of sp³-hybridized carbons (Fsp3) is 0.235. The van der Waals surface area contributed by atoms with Gasteiger partial charge in [-0.3, -0.25) is 14.4 Å². The molecule has 0 saturated heterocycles. The number of carbonyl (C=O) groups excluding carboxylic acids is 1. The Balaban J connectivity index is 1.87. The molecule has 0 unspecified atom stereocenters. The van der Waals surface area contributed by atoms with Gasteiger partial charge in [0.15, 0.2) is 16.4 Å². The first kappa shape index (κ1) is 16.8. The monoisotopic (exact) mass is 388 g/mol. The molecule has 0 bridgehead atoms. The van der Waals surface area contributed by atoms with Crippen molar-refractivity contribution < 1.29 is 13.9 Å². The Hall–Kier alpha value is -2.70. The molecule has 0 radical (unpaired) electrons. The number of rotatable bonds is 2. The van der Waals surface area contributed by atoms with E-state index in [1.54, 1.807) is 0 Å². The number of fused-ring (bicyclic) bond motifs is 2. The van der Waals surface area contributed by atoms with Gasteiger partial charge in [0.25, 0.3) is 5.91 Å². The van der Waals surface area contributed by atoms with Crippen LogP contribution in [0.5, 0.6) is 5.75 Å².